The lowest BCUT2D eigenvalue weighted by atomic mass is 9.96. The van der Waals surface area contributed by atoms with E-state index in [0.29, 0.717) is 10.0 Å². The highest BCUT2D eigenvalue weighted by atomic mass is 35.5. The third kappa shape index (κ3) is 3.60. The molecule has 0 amide bonds. The smallest absolute Gasteiger partial charge is 0.303 e. The second kappa shape index (κ2) is 5.25. The van der Waals surface area contributed by atoms with Crippen LogP contribution in [-0.4, -0.2) is 29.1 Å². The Hall–Kier alpha value is -0.770. The van der Waals surface area contributed by atoms with Crippen LogP contribution in [0.5, 0.6) is 0 Å². The van der Waals surface area contributed by atoms with Crippen molar-refractivity contribution in [2.75, 3.05) is 13.1 Å². The van der Waals surface area contributed by atoms with Gasteiger partial charge >= 0.3 is 5.97 Å². The minimum atomic E-state index is -0.722. The van der Waals surface area contributed by atoms with E-state index >= 15 is 0 Å². The van der Waals surface area contributed by atoms with E-state index in [1.807, 2.05) is 12.1 Å². The Morgan fingerprint density at radius 2 is 1.88 bits per heavy atom. The van der Waals surface area contributed by atoms with Crippen LogP contribution in [-0.2, 0) is 11.3 Å². The van der Waals surface area contributed by atoms with E-state index in [2.05, 4.69) is 4.90 Å². The highest BCUT2D eigenvalue weighted by Gasteiger charge is 2.28. The van der Waals surface area contributed by atoms with Gasteiger partial charge in [-0.15, -0.1) is 0 Å². The van der Waals surface area contributed by atoms with E-state index in [1.54, 1.807) is 6.07 Å². The van der Waals surface area contributed by atoms with E-state index < -0.39 is 5.97 Å². The molecule has 0 aliphatic carbocycles. The molecule has 1 aromatic rings. The van der Waals surface area contributed by atoms with Crippen LogP contribution in [0.15, 0.2) is 18.2 Å². The van der Waals surface area contributed by atoms with Gasteiger partial charge in [-0.3, -0.25) is 9.69 Å². The van der Waals surface area contributed by atoms with Crippen molar-refractivity contribution in [1.29, 1.82) is 0 Å². The predicted molar refractivity (Wildman–Crippen MR) is 67.5 cm³/mol. The van der Waals surface area contributed by atoms with Crippen LogP contribution in [0.4, 0.5) is 0 Å². The number of carboxylic acid groups (broad SMARTS) is 1. The fourth-order valence-corrected chi connectivity index (χ4v) is 2.71. The number of likely N-dealkylation sites (tertiary alicyclic amines) is 1. The van der Waals surface area contributed by atoms with Crippen LogP contribution in [0, 0.1) is 5.92 Å². The molecule has 0 saturated carbocycles. The Labute approximate surface area is 110 Å². The lowest BCUT2D eigenvalue weighted by molar-refractivity contribution is -0.139. The summed E-state index contributed by atoms with van der Waals surface area (Å²) in [4.78, 5) is 12.7. The molecule has 5 heteroatoms. The number of nitrogens with zero attached hydrogens (tertiary/aromatic N) is 1. The fraction of sp³-hybridized carbons (Fsp3) is 0.417. The van der Waals surface area contributed by atoms with Gasteiger partial charge in [-0.2, -0.15) is 0 Å². The summed E-state index contributed by atoms with van der Waals surface area (Å²) in [5.74, 6) is -0.442. The number of rotatable bonds is 4. The molecular formula is C12H13Cl2NO2. The molecule has 1 heterocycles. The van der Waals surface area contributed by atoms with Gasteiger partial charge in [0.1, 0.15) is 0 Å². The summed E-state index contributed by atoms with van der Waals surface area (Å²) in [6, 6.07) is 5.48. The van der Waals surface area contributed by atoms with Gasteiger partial charge in [-0.25, -0.2) is 0 Å². The van der Waals surface area contributed by atoms with Crippen LogP contribution in [0.3, 0.4) is 0 Å². The van der Waals surface area contributed by atoms with Crippen molar-refractivity contribution < 1.29 is 9.90 Å². The molecule has 3 nitrogen and oxygen atoms in total. The Morgan fingerprint density at radius 1 is 1.29 bits per heavy atom. The maximum absolute atomic E-state index is 10.5. The number of halogens is 2. The zero-order valence-electron chi connectivity index (χ0n) is 9.20. The third-order valence-electron chi connectivity index (χ3n) is 2.82. The first-order valence-corrected chi connectivity index (χ1v) is 6.17. The molecule has 2 rings (SSSR count). The molecule has 17 heavy (non-hydrogen) atoms. The summed E-state index contributed by atoms with van der Waals surface area (Å²) < 4.78 is 0. The molecule has 0 radical (unpaired) electrons. The van der Waals surface area contributed by atoms with Crippen molar-refractivity contribution in [2.24, 2.45) is 5.92 Å². The Balaban J connectivity index is 1.85. The van der Waals surface area contributed by atoms with Gasteiger partial charge in [0.25, 0.3) is 0 Å². The Kier molecular flexibility index (Phi) is 3.92. The predicted octanol–water partition coefficient (Wildman–Crippen LogP) is 2.90. The van der Waals surface area contributed by atoms with Crippen LogP contribution >= 0.6 is 23.2 Å². The summed E-state index contributed by atoms with van der Waals surface area (Å²) in [5.41, 5.74) is 1.07. The van der Waals surface area contributed by atoms with Gasteiger partial charge in [0.2, 0.25) is 0 Å². The van der Waals surface area contributed by atoms with Crippen LogP contribution in [0.1, 0.15) is 12.0 Å². The molecule has 1 N–H and O–H groups in total. The standard InChI is InChI=1S/C12H13Cl2NO2/c13-10-1-8(2-11(14)4-10)5-15-6-9(7-15)3-12(16)17/h1-2,4,9H,3,5-7H2,(H,16,17). The first-order chi connectivity index (χ1) is 8.02. The van der Waals surface area contributed by atoms with Gasteiger partial charge in [-0.1, -0.05) is 23.2 Å². The van der Waals surface area contributed by atoms with Crippen molar-refractivity contribution in [3.05, 3.63) is 33.8 Å². The lowest BCUT2D eigenvalue weighted by Gasteiger charge is -2.38. The monoisotopic (exact) mass is 273 g/mol. The molecule has 0 unspecified atom stereocenters. The summed E-state index contributed by atoms with van der Waals surface area (Å²) in [7, 11) is 0. The van der Waals surface area contributed by atoms with E-state index in [9.17, 15) is 4.79 Å². The zero-order valence-corrected chi connectivity index (χ0v) is 10.7. The molecule has 0 aromatic heterocycles. The average molecular weight is 274 g/mol. The molecule has 92 valence electrons. The van der Waals surface area contributed by atoms with Crippen molar-refractivity contribution in [2.45, 2.75) is 13.0 Å². The average Bonchev–Trinajstić information content (AvgIpc) is 2.11. The maximum Gasteiger partial charge on any atom is 0.303 e. The maximum atomic E-state index is 10.5. The number of hydrogen-bond acceptors (Lipinski definition) is 2. The zero-order chi connectivity index (χ0) is 12.4. The van der Waals surface area contributed by atoms with Crippen molar-refractivity contribution >= 4 is 29.2 Å². The topological polar surface area (TPSA) is 40.5 Å². The summed E-state index contributed by atoms with van der Waals surface area (Å²) in [6.07, 6.45) is 0.257. The third-order valence-corrected chi connectivity index (χ3v) is 3.26. The molecule has 0 spiro atoms. The molecule has 1 fully saturated rings. The molecule has 1 aromatic carbocycles. The molecule has 1 saturated heterocycles. The first kappa shape index (κ1) is 12.7. The second-order valence-corrected chi connectivity index (χ2v) is 5.31. The Morgan fingerprint density at radius 3 is 2.41 bits per heavy atom. The van der Waals surface area contributed by atoms with Crippen LogP contribution in [0.25, 0.3) is 0 Å². The minimum Gasteiger partial charge on any atom is -0.481 e. The van der Waals surface area contributed by atoms with E-state index in [1.165, 1.54) is 0 Å². The van der Waals surface area contributed by atoms with Crippen LogP contribution in [0.2, 0.25) is 10.0 Å². The van der Waals surface area contributed by atoms with Crippen molar-refractivity contribution in [3.63, 3.8) is 0 Å². The normalized spacial score (nSPS) is 16.8. The summed E-state index contributed by atoms with van der Waals surface area (Å²) in [6.45, 7) is 2.43. The number of aliphatic carboxylic acids is 1. The van der Waals surface area contributed by atoms with Crippen LogP contribution < -0.4 is 0 Å². The van der Waals surface area contributed by atoms with Gasteiger partial charge in [0, 0.05) is 29.7 Å². The number of carbonyl (C=O) groups is 1. The molecule has 0 bridgehead atoms. The highest BCUT2D eigenvalue weighted by Crippen LogP contribution is 2.24. The van der Waals surface area contributed by atoms with E-state index in [-0.39, 0.29) is 12.3 Å². The van der Waals surface area contributed by atoms with Gasteiger partial charge in [0.05, 0.1) is 6.42 Å². The quantitative estimate of drug-likeness (QED) is 0.917. The highest BCUT2D eigenvalue weighted by molar-refractivity contribution is 6.34. The molecule has 1 aliphatic heterocycles. The molecular weight excluding hydrogens is 261 g/mol. The van der Waals surface area contributed by atoms with Gasteiger partial charge < -0.3 is 5.11 Å². The number of carboxylic acids is 1. The van der Waals surface area contributed by atoms with Crippen molar-refractivity contribution in [3.8, 4) is 0 Å². The first-order valence-electron chi connectivity index (χ1n) is 5.42. The summed E-state index contributed by atoms with van der Waals surface area (Å²) in [5, 5.41) is 9.91. The molecule has 1 aliphatic rings. The van der Waals surface area contributed by atoms with Gasteiger partial charge in [0.15, 0.2) is 0 Å². The van der Waals surface area contributed by atoms with E-state index in [0.717, 1.165) is 25.2 Å². The number of hydrogen-bond donors (Lipinski definition) is 1. The van der Waals surface area contributed by atoms with Crippen molar-refractivity contribution in [1.82, 2.24) is 4.90 Å². The minimum absolute atomic E-state index is 0.257. The summed E-state index contributed by atoms with van der Waals surface area (Å²) >= 11 is 11.8. The molecule has 0 atom stereocenters. The van der Waals surface area contributed by atoms with Gasteiger partial charge in [-0.05, 0) is 29.7 Å². The fourth-order valence-electron chi connectivity index (χ4n) is 2.14. The lowest BCUT2D eigenvalue weighted by Crippen LogP contribution is -2.46. The van der Waals surface area contributed by atoms with E-state index in [4.69, 9.17) is 28.3 Å². The second-order valence-electron chi connectivity index (χ2n) is 4.44. The SMILES string of the molecule is O=C(O)CC1CN(Cc2cc(Cl)cc(Cl)c2)C1. The largest absolute Gasteiger partial charge is 0.481 e. The number of benzene rings is 1. The Bertz CT molecular complexity index is 410.